The van der Waals surface area contributed by atoms with Crippen molar-refractivity contribution in [2.45, 2.75) is 71.3 Å². The summed E-state index contributed by atoms with van der Waals surface area (Å²) in [6, 6.07) is 3.11. The number of hydrogen-bond acceptors (Lipinski definition) is 2. The summed E-state index contributed by atoms with van der Waals surface area (Å²) in [4.78, 5) is 0. The first-order valence-electron chi connectivity index (χ1n) is 6.79. The highest BCUT2D eigenvalue weighted by Crippen LogP contribution is 2.21. The highest BCUT2D eigenvalue weighted by Gasteiger charge is 2.16. The fourth-order valence-electron chi connectivity index (χ4n) is 2.38. The molecule has 1 saturated carbocycles. The molecule has 0 aromatic rings. The first-order chi connectivity index (χ1) is 7.64. The predicted octanol–water partition coefficient (Wildman–Crippen LogP) is 3.63. The molecule has 1 N–H and O–H groups in total. The highest BCUT2D eigenvalue weighted by atomic mass is 14.9. The molecule has 0 aliphatic heterocycles. The van der Waals surface area contributed by atoms with Crippen molar-refractivity contribution in [3.8, 4) is 6.07 Å². The van der Waals surface area contributed by atoms with Gasteiger partial charge in [-0.2, -0.15) is 5.26 Å². The second kappa shape index (κ2) is 6.91. The Morgan fingerprint density at radius 1 is 1.19 bits per heavy atom. The Morgan fingerprint density at radius 2 is 1.81 bits per heavy atom. The number of hydrogen-bond donors (Lipinski definition) is 1. The van der Waals surface area contributed by atoms with Gasteiger partial charge in [0.05, 0.1) is 11.5 Å². The van der Waals surface area contributed by atoms with Crippen LogP contribution in [0, 0.1) is 16.7 Å². The van der Waals surface area contributed by atoms with Crippen LogP contribution in [-0.2, 0) is 0 Å². The molecule has 16 heavy (non-hydrogen) atoms. The van der Waals surface area contributed by atoms with Crippen LogP contribution < -0.4 is 5.32 Å². The van der Waals surface area contributed by atoms with E-state index in [2.05, 4.69) is 11.4 Å². The molecule has 0 bridgehead atoms. The Bertz CT molecular complexity index is 219. The zero-order valence-electron chi connectivity index (χ0n) is 10.9. The van der Waals surface area contributed by atoms with Crippen LogP contribution in [0.5, 0.6) is 0 Å². The van der Waals surface area contributed by atoms with Crippen molar-refractivity contribution in [1.29, 1.82) is 5.26 Å². The summed E-state index contributed by atoms with van der Waals surface area (Å²) in [7, 11) is 0. The number of nitrogens with one attached hydrogen (secondary N) is 1. The van der Waals surface area contributed by atoms with Crippen molar-refractivity contribution in [3.05, 3.63) is 0 Å². The van der Waals surface area contributed by atoms with Gasteiger partial charge < -0.3 is 5.32 Å². The third kappa shape index (κ3) is 5.51. The number of nitriles is 1. The molecule has 0 saturated heterocycles. The smallest absolute Gasteiger partial charge is 0.0683 e. The van der Waals surface area contributed by atoms with E-state index in [0.29, 0.717) is 0 Å². The van der Waals surface area contributed by atoms with E-state index in [9.17, 15) is 0 Å². The molecule has 0 unspecified atom stereocenters. The summed E-state index contributed by atoms with van der Waals surface area (Å²) in [6.45, 7) is 5.13. The maximum Gasteiger partial charge on any atom is 0.0683 e. The van der Waals surface area contributed by atoms with E-state index >= 15 is 0 Å². The van der Waals surface area contributed by atoms with Crippen molar-refractivity contribution in [1.82, 2.24) is 5.32 Å². The van der Waals surface area contributed by atoms with Gasteiger partial charge in [-0.25, -0.2) is 0 Å². The molecule has 0 aromatic heterocycles. The van der Waals surface area contributed by atoms with Gasteiger partial charge in [0.25, 0.3) is 0 Å². The van der Waals surface area contributed by atoms with Crippen LogP contribution in [0.15, 0.2) is 0 Å². The molecular formula is C14H26N2. The molecule has 1 rings (SSSR count). The van der Waals surface area contributed by atoms with Crippen molar-refractivity contribution in [3.63, 3.8) is 0 Å². The fourth-order valence-corrected chi connectivity index (χ4v) is 2.38. The lowest BCUT2D eigenvalue weighted by Gasteiger charge is -2.18. The zero-order chi connectivity index (χ0) is 11.9. The van der Waals surface area contributed by atoms with Crippen molar-refractivity contribution < 1.29 is 0 Å². The first-order valence-corrected chi connectivity index (χ1v) is 6.79. The summed E-state index contributed by atoms with van der Waals surface area (Å²) in [5.74, 6) is 0. The highest BCUT2D eigenvalue weighted by molar-refractivity contribution is 4.91. The molecule has 1 aliphatic carbocycles. The van der Waals surface area contributed by atoms with Crippen LogP contribution >= 0.6 is 0 Å². The topological polar surface area (TPSA) is 35.8 Å². The predicted molar refractivity (Wildman–Crippen MR) is 68.1 cm³/mol. The lowest BCUT2D eigenvalue weighted by atomic mass is 9.90. The zero-order valence-corrected chi connectivity index (χ0v) is 10.9. The number of nitrogens with zero attached hydrogens (tertiary/aromatic N) is 1. The van der Waals surface area contributed by atoms with Crippen LogP contribution in [0.25, 0.3) is 0 Å². The van der Waals surface area contributed by atoms with E-state index in [-0.39, 0.29) is 5.41 Å². The van der Waals surface area contributed by atoms with Gasteiger partial charge in [-0.15, -0.1) is 0 Å². The van der Waals surface area contributed by atoms with E-state index in [1.165, 1.54) is 38.5 Å². The Hall–Kier alpha value is -0.550. The van der Waals surface area contributed by atoms with Gasteiger partial charge >= 0.3 is 0 Å². The van der Waals surface area contributed by atoms with Crippen molar-refractivity contribution >= 4 is 0 Å². The molecule has 2 nitrogen and oxygen atoms in total. The minimum absolute atomic E-state index is 0.148. The van der Waals surface area contributed by atoms with Crippen LogP contribution in [-0.4, -0.2) is 12.6 Å². The van der Waals surface area contributed by atoms with Crippen LogP contribution in [0.4, 0.5) is 0 Å². The molecule has 0 spiro atoms. The standard InChI is InChI=1S/C14H26N2/c1-14(2,12-15)10-7-11-16-13-8-5-3-4-6-9-13/h13,16H,3-11H2,1-2H3. The summed E-state index contributed by atoms with van der Waals surface area (Å²) < 4.78 is 0. The monoisotopic (exact) mass is 222 g/mol. The largest absolute Gasteiger partial charge is 0.314 e. The molecular weight excluding hydrogens is 196 g/mol. The summed E-state index contributed by atoms with van der Waals surface area (Å²) in [5.41, 5.74) is -0.148. The van der Waals surface area contributed by atoms with E-state index in [0.717, 1.165) is 25.4 Å². The van der Waals surface area contributed by atoms with E-state index in [1.54, 1.807) is 0 Å². The van der Waals surface area contributed by atoms with Gasteiger partial charge in [0.1, 0.15) is 0 Å². The fraction of sp³-hybridized carbons (Fsp3) is 0.929. The molecule has 0 amide bonds. The van der Waals surface area contributed by atoms with Gasteiger partial charge in [0.2, 0.25) is 0 Å². The minimum Gasteiger partial charge on any atom is -0.314 e. The average Bonchev–Trinajstić information content (AvgIpc) is 2.53. The first kappa shape index (κ1) is 13.5. The molecule has 1 fully saturated rings. The SMILES string of the molecule is CC(C)(C#N)CCCNC1CCCCCC1. The molecule has 0 radical (unpaired) electrons. The third-order valence-corrected chi connectivity index (χ3v) is 3.57. The Morgan fingerprint density at radius 3 is 2.38 bits per heavy atom. The van der Waals surface area contributed by atoms with Crippen LogP contribution in [0.3, 0.4) is 0 Å². The Balaban J connectivity index is 2.08. The molecule has 2 heteroatoms. The summed E-state index contributed by atoms with van der Waals surface area (Å²) in [6.07, 6.45) is 10.4. The van der Waals surface area contributed by atoms with Crippen molar-refractivity contribution in [2.24, 2.45) is 5.41 Å². The van der Waals surface area contributed by atoms with Gasteiger partial charge in [0.15, 0.2) is 0 Å². The Labute approximate surface area is 100 Å². The molecule has 0 atom stereocenters. The third-order valence-electron chi connectivity index (χ3n) is 3.57. The average molecular weight is 222 g/mol. The molecule has 0 heterocycles. The second-order valence-corrected chi connectivity index (χ2v) is 5.74. The van der Waals surface area contributed by atoms with Gasteiger partial charge in [-0.3, -0.25) is 0 Å². The normalized spacial score (nSPS) is 19.1. The summed E-state index contributed by atoms with van der Waals surface area (Å²) in [5, 5.41) is 12.6. The number of rotatable bonds is 5. The maximum absolute atomic E-state index is 8.91. The quantitative estimate of drug-likeness (QED) is 0.569. The van der Waals surface area contributed by atoms with Gasteiger partial charge in [0, 0.05) is 6.04 Å². The lowest BCUT2D eigenvalue weighted by molar-refractivity contribution is 0.398. The maximum atomic E-state index is 8.91. The minimum atomic E-state index is -0.148. The van der Waals surface area contributed by atoms with E-state index < -0.39 is 0 Å². The lowest BCUT2D eigenvalue weighted by Crippen LogP contribution is -2.29. The van der Waals surface area contributed by atoms with Gasteiger partial charge in [-0.05, 0) is 46.1 Å². The molecule has 0 aromatic carbocycles. The van der Waals surface area contributed by atoms with Gasteiger partial charge in [-0.1, -0.05) is 25.7 Å². The van der Waals surface area contributed by atoms with E-state index in [1.807, 2.05) is 13.8 Å². The Kier molecular flexibility index (Phi) is 5.84. The van der Waals surface area contributed by atoms with Crippen LogP contribution in [0.1, 0.15) is 65.2 Å². The van der Waals surface area contributed by atoms with Crippen molar-refractivity contribution in [2.75, 3.05) is 6.54 Å². The second-order valence-electron chi connectivity index (χ2n) is 5.74. The van der Waals surface area contributed by atoms with E-state index in [4.69, 9.17) is 5.26 Å². The molecule has 92 valence electrons. The van der Waals surface area contributed by atoms with Crippen LogP contribution in [0.2, 0.25) is 0 Å². The summed E-state index contributed by atoms with van der Waals surface area (Å²) >= 11 is 0. The molecule has 1 aliphatic rings.